The summed E-state index contributed by atoms with van der Waals surface area (Å²) in [6, 6.07) is 4.55. The summed E-state index contributed by atoms with van der Waals surface area (Å²) in [5.74, 6) is -2.97. The molecule has 0 spiro atoms. The Morgan fingerprint density at radius 1 is 1.12 bits per heavy atom. The summed E-state index contributed by atoms with van der Waals surface area (Å²) in [4.78, 5) is 28.0. The molecule has 2 aromatic rings. The zero-order valence-corrected chi connectivity index (χ0v) is 13.5. The minimum absolute atomic E-state index is 0.00666. The number of pyridine rings is 1. The molecule has 25 heavy (non-hydrogen) atoms. The second kappa shape index (κ2) is 8.84. The number of ether oxygens (including phenoxy) is 1. The number of nitrogens with one attached hydrogen (secondary N) is 2. The van der Waals surface area contributed by atoms with Gasteiger partial charge in [0.05, 0.1) is 11.1 Å². The molecule has 1 aromatic heterocycles. The van der Waals surface area contributed by atoms with Crippen molar-refractivity contribution in [1.29, 1.82) is 0 Å². The van der Waals surface area contributed by atoms with Gasteiger partial charge in [-0.25, -0.2) is 8.78 Å². The summed E-state index contributed by atoms with van der Waals surface area (Å²) in [6.07, 6.45) is 3.14. The fourth-order valence-corrected chi connectivity index (χ4v) is 2.01. The molecular weight excluding hydrogens is 332 g/mol. The molecule has 2 amide bonds. The Hall–Kier alpha value is -2.87. The highest BCUT2D eigenvalue weighted by atomic mass is 19.1. The second-order valence-corrected chi connectivity index (χ2v) is 5.12. The summed E-state index contributed by atoms with van der Waals surface area (Å²) >= 11 is 0. The van der Waals surface area contributed by atoms with Crippen LogP contribution in [0.25, 0.3) is 0 Å². The van der Waals surface area contributed by atoms with Gasteiger partial charge >= 0.3 is 0 Å². The standard InChI is InChI=1S/C17H17F2N3O3/c1-25-7-3-6-21-16(23)11-8-12(10-20-9-11)17(24)22-15-13(18)4-2-5-14(15)19/h2,4-5,8-10H,3,6-7H2,1H3,(H,21,23)(H,22,24). The number of hydrogen-bond acceptors (Lipinski definition) is 4. The molecule has 0 saturated carbocycles. The number of aromatic nitrogens is 1. The Labute approximate surface area is 143 Å². The molecule has 1 aromatic carbocycles. The lowest BCUT2D eigenvalue weighted by atomic mass is 10.1. The molecule has 8 heteroatoms. The van der Waals surface area contributed by atoms with Gasteiger partial charge in [0.15, 0.2) is 0 Å². The molecular formula is C17H17F2N3O3. The van der Waals surface area contributed by atoms with Crippen LogP contribution in [-0.2, 0) is 4.74 Å². The smallest absolute Gasteiger partial charge is 0.257 e. The van der Waals surface area contributed by atoms with E-state index in [-0.39, 0.29) is 11.1 Å². The summed E-state index contributed by atoms with van der Waals surface area (Å²) in [6.45, 7) is 0.915. The minimum atomic E-state index is -0.895. The molecule has 0 bridgehead atoms. The average Bonchev–Trinajstić information content (AvgIpc) is 2.61. The monoisotopic (exact) mass is 349 g/mol. The molecule has 0 unspecified atom stereocenters. The SMILES string of the molecule is COCCCNC(=O)c1cncc(C(=O)Nc2c(F)cccc2F)c1. The van der Waals surface area contributed by atoms with Gasteiger partial charge in [-0.2, -0.15) is 0 Å². The molecule has 1 heterocycles. The number of anilines is 1. The van der Waals surface area contributed by atoms with Crippen LogP contribution in [0, 0.1) is 11.6 Å². The van der Waals surface area contributed by atoms with Gasteiger partial charge in [-0.15, -0.1) is 0 Å². The Kier molecular flexibility index (Phi) is 6.53. The molecule has 0 atom stereocenters. The fourth-order valence-electron chi connectivity index (χ4n) is 2.01. The Balaban J connectivity index is 2.07. The maximum atomic E-state index is 13.6. The highest BCUT2D eigenvalue weighted by Crippen LogP contribution is 2.19. The number of halogens is 2. The van der Waals surface area contributed by atoms with Crippen LogP contribution in [0.5, 0.6) is 0 Å². The van der Waals surface area contributed by atoms with Crippen LogP contribution < -0.4 is 10.6 Å². The van der Waals surface area contributed by atoms with Gasteiger partial charge in [-0.05, 0) is 24.6 Å². The van der Waals surface area contributed by atoms with Gasteiger partial charge < -0.3 is 15.4 Å². The van der Waals surface area contributed by atoms with Gasteiger partial charge in [0.2, 0.25) is 0 Å². The van der Waals surface area contributed by atoms with E-state index >= 15 is 0 Å². The van der Waals surface area contributed by atoms with Gasteiger partial charge in [-0.1, -0.05) is 6.07 Å². The molecule has 2 rings (SSSR count). The number of benzene rings is 1. The topological polar surface area (TPSA) is 80.3 Å². The van der Waals surface area contributed by atoms with E-state index in [0.29, 0.717) is 19.6 Å². The predicted octanol–water partition coefficient (Wildman–Crippen LogP) is 2.38. The van der Waals surface area contributed by atoms with Crippen LogP contribution in [0.2, 0.25) is 0 Å². The van der Waals surface area contributed by atoms with Crippen LogP contribution in [0.1, 0.15) is 27.1 Å². The van der Waals surface area contributed by atoms with Gasteiger partial charge in [0.1, 0.15) is 17.3 Å². The lowest BCUT2D eigenvalue weighted by molar-refractivity contribution is 0.0948. The highest BCUT2D eigenvalue weighted by Gasteiger charge is 2.15. The van der Waals surface area contributed by atoms with Crippen molar-refractivity contribution in [1.82, 2.24) is 10.3 Å². The summed E-state index contributed by atoms with van der Waals surface area (Å²) in [5.41, 5.74) is -0.381. The molecule has 6 nitrogen and oxygen atoms in total. The molecule has 2 N–H and O–H groups in total. The van der Waals surface area contributed by atoms with E-state index in [9.17, 15) is 18.4 Å². The van der Waals surface area contributed by atoms with E-state index in [4.69, 9.17) is 4.74 Å². The maximum absolute atomic E-state index is 13.6. The first-order chi connectivity index (χ1) is 12.0. The summed E-state index contributed by atoms with van der Waals surface area (Å²) in [7, 11) is 1.56. The molecule has 0 fully saturated rings. The first-order valence-electron chi connectivity index (χ1n) is 7.50. The third-order valence-electron chi connectivity index (χ3n) is 3.27. The molecule has 0 aliphatic heterocycles. The number of hydrogen-bond donors (Lipinski definition) is 2. The van der Waals surface area contributed by atoms with Crippen molar-refractivity contribution >= 4 is 17.5 Å². The van der Waals surface area contributed by atoms with Crippen LogP contribution in [0.4, 0.5) is 14.5 Å². The van der Waals surface area contributed by atoms with Crippen molar-refractivity contribution in [2.75, 3.05) is 25.6 Å². The molecule has 0 aliphatic carbocycles. The first-order valence-corrected chi connectivity index (χ1v) is 7.50. The number of amides is 2. The van der Waals surface area contributed by atoms with E-state index in [1.54, 1.807) is 7.11 Å². The van der Waals surface area contributed by atoms with E-state index in [1.165, 1.54) is 24.5 Å². The van der Waals surface area contributed by atoms with E-state index in [0.717, 1.165) is 12.1 Å². The van der Waals surface area contributed by atoms with Crippen molar-refractivity contribution in [2.45, 2.75) is 6.42 Å². The number of methoxy groups -OCH3 is 1. The predicted molar refractivity (Wildman–Crippen MR) is 87.4 cm³/mol. The highest BCUT2D eigenvalue weighted by molar-refractivity contribution is 6.05. The lowest BCUT2D eigenvalue weighted by Crippen LogP contribution is -2.26. The molecule has 0 saturated heterocycles. The summed E-state index contributed by atoms with van der Waals surface area (Å²) < 4.78 is 32.1. The zero-order valence-electron chi connectivity index (χ0n) is 13.5. The van der Waals surface area contributed by atoms with Crippen LogP contribution in [0.3, 0.4) is 0 Å². The van der Waals surface area contributed by atoms with Crippen LogP contribution >= 0.6 is 0 Å². The average molecular weight is 349 g/mol. The van der Waals surface area contributed by atoms with E-state index in [2.05, 4.69) is 15.6 Å². The minimum Gasteiger partial charge on any atom is -0.385 e. The van der Waals surface area contributed by atoms with Crippen molar-refractivity contribution in [2.24, 2.45) is 0 Å². The van der Waals surface area contributed by atoms with Crippen molar-refractivity contribution in [3.05, 3.63) is 59.4 Å². The number of carbonyl (C=O) groups is 2. The normalized spacial score (nSPS) is 10.4. The number of nitrogens with zero attached hydrogens (tertiary/aromatic N) is 1. The fraction of sp³-hybridized carbons (Fsp3) is 0.235. The third-order valence-corrected chi connectivity index (χ3v) is 3.27. The second-order valence-electron chi connectivity index (χ2n) is 5.12. The third kappa shape index (κ3) is 5.05. The molecule has 0 aliphatic rings. The molecule has 0 radical (unpaired) electrons. The van der Waals surface area contributed by atoms with Crippen molar-refractivity contribution < 1.29 is 23.1 Å². The quantitative estimate of drug-likeness (QED) is 0.752. The van der Waals surface area contributed by atoms with Crippen LogP contribution in [-0.4, -0.2) is 37.1 Å². The number of carbonyl (C=O) groups excluding carboxylic acids is 2. The number of rotatable bonds is 7. The van der Waals surface area contributed by atoms with Crippen LogP contribution in [0.15, 0.2) is 36.7 Å². The first kappa shape index (κ1) is 18.5. The largest absolute Gasteiger partial charge is 0.385 e. The Morgan fingerprint density at radius 2 is 1.76 bits per heavy atom. The Bertz CT molecular complexity index is 748. The zero-order chi connectivity index (χ0) is 18.2. The van der Waals surface area contributed by atoms with Gasteiger partial charge in [-0.3, -0.25) is 14.6 Å². The van der Waals surface area contributed by atoms with E-state index < -0.39 is 29.1 Å². The van der Waals surface area contributed by atoms with Crippen molar-refractivity contribution in [3.8, 4) is 0 Å². The van der Waals surface area contributed by atoms with E-state index in [1.807, 2.05) is 0 Å². The van der Waals surface area contributed by atoms with Crippen molar-refractivity contribution in [3.63, 3.8) is 0 Å². The Morgan fingerprint density at radius 3 is 2.40 bits per heavy atom. The molecule has 132 valence electrons. The van der Waals surface area contributed by atoms with Gasteiger partial charge in [0.25, 0.3) is 11.8 Å². The maximum Gasteiger partial charge on any atom is 0.257 e. The lowest BCUT2D eigenvalue weighted by Gasteiger charge is -2.09. The number of para-hydroxylation sites is 1. The van der Waals surface area contributed by atoms with Gasteiger partial charge in [0, 0.05) is 32.7 Å². The summed E-state index contributed by atoms with van der Waals surface area (Å²) in [5, 5.41) is 4.80.